The number of aromatic nitrogens is 3. The summed E-state index contributed by atoms with van der Waals surface area (Å²) in [5.74, 6) is -0.0556. The number of nitrogens with zero attached hydrogens (tertiary/aromatic N) is 2. The number of esters is 1. The van der Waals surface area contributed by atoms with E-state index in [1.54, 1.807) is 26.0 Å². The molecule has 0 spiro atoms. The van der Waals surface area contributed by atoms with E-state index in [2.05, 4.69) is 15.2 Å². The summed E-state index contributed by atoms with van der Waals surface area (Å²) >= 11 is 0. The molecule has 0 saturated heterocycles. The molecule has 2 rings (SSSR count). The first-order valence-electron chi connectivity index (χ1n) is 6.11. The third-order valence-corrected chi connectivity index (χ3v) is 2.31. The van der Waals surface area contributed by atoms with Crippen LogP contribution in [0.4, 0.5) is 4.39 Å². The van der Waals surface area contributed by atoms with Crippen LogP contribution in [0.5, 0.6) is 0 Å². The second kappa shape index (κ2) is 6.10. The Kier molecular flexibility index (Phi) is 4.24. The Morgan fingerprint density at radius 2 is 2.25 bits per heavy atom. The van der Waals surface area contributed by atoms with Crippen LogP contribution in [0.2, 0.25) is 0 Å². The van der Waals surface area contributed by atoms with Gasteiger partial charge in [0.05, 0.1) is 6.10 Å². The Balaban J connectivity index is 2.10. The van der Waals surface area contributed by atoms with Crippen molar-refractivity contribution in [2.75, 3.05) is 0 Å². The molecule has 0 radical (unpaired) electrons. The van der Waals surface area contributed by atoms with Crippen molar-refractivity contribution in [3.8, 4) is 11.4 Å². The van der Waals surface area contributed by atoms with Gasteiger partial charge < -0.3 is 4.74 Å². The molecular weight excluding hydrogens is 261 g/mol. The lowest BCUT2D eigenvalue weighted by molar-refractivity contribution is -0.141. The average Bonchev–Trinajstić information content (AvgIpc) is 2.84. The number of aromatic amines is 1. The molecule has 6 heteroatoms. The Hall–Kier alpha value is -2.50. The van der Waals surface area contributed by atoms with E-state index >= 15 is 0 Å². The van der Waals surface area contributed by atoms with Gasteiger partial charge in [0, 0.05) is 11.6 Å². The quantitative estimate of drug-likeness (QED) is 0.688. The monoisotopic (exact) mass is 275 g/mol. The zero-order valence-corrected chi connectivity index (χ0v) is 11.1. The molecule has 0 atom stereocenters. The summed E-state index contributed by atoms with van der Waals surface area (Å²) in [5, 5.41) is 6.61. The van der Waals surface area contributed by atoms with E-state index in [4.69, 9.17) is 4.74 Å². The predicted octanol–water partition coefficient (Wildman–Crippen LogP) is 2.58. The number of ether oxygens (including phenoxy) is 1. The lowest BCUT2D eigenvalue weighted by atomic mass is 10.2. The van der Waals surface area contributed by atoms with Crippen LogP contribution in [-0.4, -0.2) is 27.3 Å². The maximum Gasteiger partial charge on any atom is 0.331 e. The zero-order chi connectivity index (χ0) is 14.5. The molecule has 1 N–H and O–H groups in total. The smallest absolute Gasteiger partial charge is 0.331 e. The van der Waals surface area contributed by atoms with Gasteiger partial charge >= 0.3 is 5.97 Å². The van der Waals surface area contributed by atoms with E-state index in [9.17, 15) is 9.18 Å². The molecule has 0 unspecified atom stereocenters. The molecule has 0 amide bonds. The summed E-state index contributed by atoms with van der Waals surface area (Å²) in [5.41, 5.74) is 0.561. The molecule has 1 heterocycles. The van der Waals surface area contributed by atoms with E-state index in [0.29, 0.717) is 17.2 Å². The van der Waals surface area contributed by atoms with Gasteiger partial charge in [-0.05, 0) is 32.1 Å². The first-order valence-corrected chi connectivity index (χ1v) is 6.11. The van der Waals surface area contributed by atoms with Gasteiger partial charge in [0.2, 0.25) is 0 Å². The van der Waals surface area contributed by atoms with Crippen molar-refractivity contribution in [2.45, 2.75) is 20.0 Å². The lowest BCUT2D eigenvalue weighted by Gasteiger charge is -2.03. The van der Waals surface area contributed by atoms with Crippen molar-refractivity contribution in [2.24, 2.45) is 0 Å². The fourth-order valence-corrected chi connectivity index (χ4v) is 1.52. The standard InChI is InChI=1S/C14H14FN3O2/c1-9(2)20-13(19)7-6-12-16-14(18-17-12)10-4-3-5-11(15)8-10/h3-9H,1-2H3,(H,16,17,18)/b7-6-. The van der Waals surface area contributed by atoms with Gasteiger partial charge in [-0.2, -0.15) is 5.10 Å². The molecular formula is C14H14FN3O2. The maximum atomic E-state index is 13.1. The van der Waals surface area contributed by atoms with Gasteiger partial charge in [-0.15, -0.1) is 0 Å². The number of hydrogen-bond donors (Lipinski definition) is 1. The predicted molar refractivity (Wildman–Crippen MR) is 72.0 cm³/mol. The molecule has 1 aromatic heterocycles. The van der Waals surface area contributed by atoms with Gasteiger partial charge in [-0.1, -0.05) is 12.1 Å². The minimum Gasteiger partial charge on any atom is -0.460 e. The highest BCUT2D eigenvalue weighted by Crippen LogP contribution is 2.15. The highest BCUT2D eigenvalue weighted by atomic mass is 19.1. The number of nitrogens with one attached hydrogen (secondary N) is 1. The molecule has 0 fully saturated rings. The van der Waals surface area contributed by atoms with E-state index in [0.717, 1.165) is 0 Å². The summed E-state index contributed by atoms with van der Waals surface area (Å²) in [6.07, 6.45) is 2.54. The van der Waals surface area contributed by atoms with Crippen molar-refractivity contribution in [3.05, 3.63) is 42.0 Å². The fourth-order valence-electron chi connectivity index (χ4n) is 1.52. The number of H-pyrrole nitrogens is 1. The van der Waals surface area contributed by atoms with Crippen molar-refractivity contribution in [3.63, 3.8) is 0 Å². The minimum absolute atomic E-state index is 0.176. The largest absolute Gasteiger partial charge is 0.460 e. The average molecular weight is 275 g/mol. The molecule has 0 aliphatic rings. The van der Waals surface area contributed by atoms with Crippen molar-refractivity contribution >= 4 is 12.0 Å². The van der Waals surface area contributed by atoms with Crippen LogP contribution in [0.3, 0.4) is 0 Å². The molecule has 0 bridgehead atoms. The number of benzene rings is 1. The molecule has 20 heavy (non-hydrogen) atoms. The van der Waals surface area contributed by atoms with Crippen LogP contribution in [0, 0.1) is 5.82 Å². The number of carbonyl (C=O) groups excluding carboxylic acids is 1. The second-order valence-corrected chi connectivity index (χ2v) is 4.37. The van der Waals surface area contributed by atoms with E-state index in [1.165, 1.54) is 24.3 Å². The highest BCUT2D eigenvalue weighted by Gasteiger charge is 2.06. The first-order chi connectivity index (χ1) is 9.54. The van der Waals surface area contributed by atoms with Gasteiger partial charge in [0.1, 0.15) is 11.6 Å². The van der Waals surface area contributed by atoms with Crippen LogP contribution < -0.4 is 0 Å². The zero-order valence-electron chi connectivity index (χ0n) is 11.1. The SMILES string of the molecule is CC(C)OC(=O)/C=C\c1nc(-c2cccc(F)c2)n[nH]1. The Bertz CT molecular complexity index is 635. The Morgan fingerprint density at radius 1 is 1.45 bits per heavy atom. The normalized spacial score (nSPS) is 11.2. The van der Waals surface area contributed by atoms with Crippen molar-refractivity contribution in [1.82, 2.24) is 15.2 Å². The fraction of sp³-hybridized carbons (Fsp3) is 0.214. The third kappa shape index (κ3) is 3.74. The summed E-state index contributed by atoms with van der Waals surface area (Å²) in [6, 6.07) is 5.96. The van der Waals surface area contributed by atoms with Crippen molar-refractivity contribution in [1.29, 1.82) is 0 Å². The topological polar surface area (TPSA) is 67.9 Å². The minimum atomic E-state index is -0.455. The van der Waals surface area contributed by atoms with Crippen LogP contribution in [-0.2, 0) is 9.53 Å². The highest BCUT2D eigenvalue weighted by molar-refractivity contribution is 5.86. The van der Waals surface area contributed by atoms with Gasteiger partial charge in [-0.3, -0.25) is 5.10 Å². The second-order valence-electron chi connectivity index (χ2n) is 4.37. The Labute approximate surface area is 115 Å². The van der Waals surface area contributed by atoms with E-state index in [-0.39, 0.29) is 11.9 Å². The van der Waals surface area contributed by atoms with Gasteiger partial charge in [0.15, 0.2) is 5.82 Å². The lowest BCUT2D eigenvalue weighted by Crippen LogP contribution is -2.08. The summed E-state index contributed by atoms with van der Waals surface area (Å²) in [7, 11) is 0. The molecule has 0 aliphatic heterocycles. The van der Waals surface area contributed by atoms with Crippen LogP contribution in [0.25, 0.3) is 17.5 Å². The molecule has 0 aliphatic carbocycles. The molecule has 104 valence electrons. The van der Waals surface area contributed by atoms with Crippen LogP contribution >= 0.6 is 0 Å². The number of hydrogen-bond acceptors (Lipinski definition) is 4. The Morgan fingerprint density at radius 3 is 2.95 bits per heavy atom. The van der Waals surface area contributed by atoms with Crippen LogP contribution in [0.1, 0.15) is 19.7 Å². The van der Waals surface area contributed by atoms with Crippen LogP contribution in [0.15, 0.2) is 30.3 Å². The third-order valence-electron chi connectivity index (χ3n) is 2.31. The molecule has 0 saturated carbocycles. The molecule has 1 aromatic carbocycles. The number of halogens is 1. The first kappa shape index (κ1) is 13.9. The molecule has 2 aromatic rings. The summed E-state index contributed by atoms with van der Waals surface area (Å²) in [4.78, 5) is 15.5. The van der Waals surface area contributed by atoms with E-state index in [1.807, 2.05) is 0 Å². The van der Waals surface area contributed by atoms with Gasteiger partial charge in [0.25, 0.3) is 0 Å². The maximum absolute atomic E-state index is 13.1. The number of carbonyl (C=O) groups is 1. The summed E-state index contributed by atoms with van der Waals surface area (Å²) in [6.45, 7) is 3.53. The number of rotatable bonds is 4. The van der Waals surface area contributed by atoms with Gasteiger partial charge in [-0.25, -0.2) is 14.2 Å². The van der Waals surface area contributed by atoms with E-state index < -0.39 is 5.97 Å². The summed E-state index contributed by atoms with van der Waals surface area (Å²) < 4.78 is 18.0. The van der Waals surface area contributed by atoms with Crippen molar-refractivity contribution < 1.29 is 13.9 Å². The molecule has 5 nitrogen and oxygen atoms in total.